The van der Waals surface area contributed by atoms with Crippen LogP contribution in [0.4, 0.5) is 0 Å². The number of carbonyl (C=O) groups is 2. The second-order valence-electron chi connectivity index (χ2n) is 9.50. The van der Waals surface area contributed by atoms with Gasteiger partial charge in [0, 0.05) is 25.0 Å². The zero-order valence-corrected chi connectivity index (χ0v) is 20.2. The fourth-order valence-corrected chi connectivity index (χ4v) is 5.03. The first kappa shape index (κ1) is 26.1. The zero-order valence-electron chi connectivity index (χ0n) is 20.2. The Morgan fingerprint density at radius 1 is 1.31 bits per heavy atom. The fourth-order valence-electron chi connectivity index (χ4n) is 5.03. The first-order chi connectivity index (χ1) is 15.2. The van der Waals surface area contributed by atoms with Gasteiger partial charge < -0.3 is 14.6 Å². The van der Waals surface area contributed by atoms with Gasteiger partial charge in [-0.15, -0.1) is 0 Å². The van der Waals surface area contributed by atoms with Crippen LogP contribution in [0.3, 0.4) is 0 Å². The number of esters is 2. The zero-order chi connectivity index (χ0) is 23.7. The Labute approximate surface area is 193 Å². The van der Waals surface area contributed by atoms with Crippen molar-refractivity contribution in [2.45, 2.75) is 85.2 Å². The van der Waals surface area contributed by atoms with E-state index in [9.17, 15) is 14.7 Å². The molecule has 1 aliphatic carbocycles. The lowest BCUT2D eigenvalue weighted by Crippen LogP contribution is -2.24. The molecule has 1 fully saturated rings. The summed E-state index contributed by atoms with van der Waals surface area (Å²) >= 11 is 0. The molecule has 5 nitrogen and oxygen atoms in total. The summed E-state index contributed by atoms with van der Waals surface area (Å²) in [6, 6.07) is 0. The second-order valence-corrected chi connectivity index (χ2v) is 9.50. The van der Waals surface area contributed by atoms with Crippen LogP contribution in [-0.2, 0) is 19.1 Å². The van der Waals surface area contributed by atoms with Crippen molar-refractivity contribution in [1.29, 1.82) is 0 Å². The average Bonchev–Trinajstić information content (AvgIpc) is 3.30. The molecule has 2 rings (SSSR count). The number of ether oxygens (including phenoxy) is 2. The quantitative estimate of drug-likeness (QED) is 0.313. The van der Waals surface area contributed by atoms with Crippen LogP contribution in [0.5, 0.6) is 0 Å². The summed E-state index contributed by atoms with van der Waals surface area (Å²) in [6.45, 7) is 12.5. The number of hydrogen-bond acceptors (Lipinski definition) is 5. The highest BCUT2D eigenvalue weighted by molar-refractivity contribution is 5.85. The fraction of sp³-hybridized carbons (Fsp3) is 0.630. The van der Waals surface area contributed by atoms with E-state index < -0.39 is 12.1 Å². The second kappa shape index (κ2) is 12.2. The highest BCUT2D eigenvalue weighted by Crippen LogP contribution is 2.51. The summed E-state index contributed by atoms with van der Waals surface area (Å²) in [5, 5.41) is 9.39. The van der Waals surface area contributed by atoms with E-state index in [0.29, 0.717) is 17.9 Å². The third-order valence-electron chi connectivity index (χ3n) is 7.22. The number of hydrogen-bond donors (Lipinski definition) is 1. The molecule has 1 heterocycles. The Morgan fingerprint density at radius 3 is 2.66 bits per heavy atom. The van der Waals surface area contributed by atoms with E-state index in [2.05, 4.69) is 33.4 Å². The minimum absolute atomic E-state index is 0.199. The van der Waals surface area contributed by atoms with Crippen molar-refractivity contribution in [3.05, 3.63) is 47.1 Å². The first-order valence-corrected chi connectivity index (χ1v) is 11.8. The molecule has 0 aromatic rings. The van der Waals surface area contributed by atoms with E-state index in [1.54, 1.807) is 0 Å². The lowest BCUT2D eigenvalue weighted by Gasteiger charge is -2.35. The molecule has 3 atom stereocenters. The van der Waals surface area contributed by atoms with Gasteiger partial charge in [-0.3, -0.25) is 4.79 Å². The highest BCUT2D eigenvalue weighted by atomic mass is 16.5. The Balaban J connectivity index is 1.92. The smallest absolute Gasteiger partial charge is 0.331 e. The lowest BCUT2D eigenvalue weighted by atomic mass is 9.70. The number of aliphatic hydroxyl groups is 1. The summed E-state index contributed by atoms with van der Waals surface area (Å²) in [7, 11) is 0. The Morgan fingerprint density at radius 2 is 2.06 bits per heavy atom. The minimum atomic E-state index is -0.441. The molecule has 1 aliphatic heterocycles. The number of cyclic esters (lactones) is 1. The molecule has 0 aromatic carbocycles. The van der Waals surface area contributed by atoms with E-state index in [1.165, 1.54) is 43.4 Å². The van der Waals surface area contributed by atoms with Crippen LogP contribution in [0.1, 0.15) is 79.1 Å². The molecule has 0 bridgehead atoms. The average molecular weight is 445 g/mol. The van der Waals surface area contributed by atoms with Crippen LogP contribution < -0.4 is 0 Å². The van der Waals surface area contributed by atoms with Gasteiger partial charge in [0.25, 0.3) is 0 Å². The van der Waals surface area contributed by atoms with Gasteiger partial charge in [-0.25, -0.2) is 4.79 Å². The SMILES string of the molecule is C=C(C)[C@]1(CC/C(C)=C/CC/C(=C/C[C@H]2OC(=O)C=C2CO)COC(C)=O)CCC[C@@H]1C. The van der Waals surface area contributed by atoms with Crippen LogP contribution in [0, 0.1) is 11.3 Å². The van der Waals surface area contributed by atoms with Crippen molar-refractivity contribution >= 4 is 11.9 Å². The molecular formula is C27H40O5. The summed E-state index contributed by atoms with van der Waals surface area (Å²) in [6.07, 6.45) is 13.3. The Hall–Kier alpha value is -2.14. The number of rotatable bonds is 12. The minimum Gasteiger partial charge on any atom is -0.461 e. The first-order valence-electron chi connectivity index (χ1n) is 11.8. The summed E-state index contributed by atoms with van der Waals surface area (Å²) < 4.78 is 10.4. The van der Waals surface area contributed by atoms with Gasteiger partial charge in [0.2, 0.25) is 0 Å². The van der Waals surface area contributed by atoms with Crippen molar-refractivity contribution < 1.29 is 24.2 Å². The normalized spacial score (nSPS) is 26.2. The van der Waals surface area contributed by atoms with E-state index in [-0.39, 0.29) is 24.6 Å². The van der Waals surface area contributed by atoms with E-state index in [1.807, 2.05) is 6.08 Å². The van der Waals surface area contributed by atoms with Crippen LogP contribution in [-0.4, -0.2) is 36.4 Å². The standard InChI is InChI=1S/C27H40O5/c1-19(2)27(14-7-9-21(27)4)15-13-20(3)8-6-10-23(18-31-22(5)29)11-12-25-24(17-28)16-26(30)32-25/h8,11,16,21,25,28H,1,6-7,9-10,12-15,17-18H2,2-5H3/b20-8+,23-11-/t21-,25+,27+/m0/s1. The molecule has 0 aromatic heterocycles. The van der Waals surface area contributed by atoms with Gasteiger partial charge in [0.1, 0.15) is 12.7 Å². The van der Waals surface area contributed by atoms with Gasteiger partial charge in [-0.05, 0) is 69.3 Å². The maximum Gasteiger partial charge on any atom is 0.331 e. The van der Waals surface area contributed by atoms with Crippen molar-refractivity contribution in [3.8, 4) is 0 Å². The third-order valence-corrected chi connectivity index (χ3v) is 7.22. The molecule has 1 saturated carbocycles. The van der Waals surface area contributed by atoms with Crippen molar-refractivity contribution in [2.24, 2.45) is 11.3 Å². The number of allylic oxidation sites excluding steroid dienone is 3. The predicted molar refractivity (Wildman–Crippen MR) is 127 cm³/mol. The van der Waals surface area contributed by atoms with E-state index in [4.69, 9.17) is 9.47 Å². The molecule has 0 spiro atoms. The number of aliphatic hydroxyl groups excluding tert-OH is 1. The molecule has 0 amide bonds. The number of carbonyl (C=O) groups excluding carboxylic acids is 2. The van der Waals surface area contributed by atoms with Crippen LogP contribution in [0.15, 0.2) is 47.1 Å². The molecule has 5 heteroatoms. The predicted octanol–water partition coefficient (Wildman–Crippen LogP) is 5.60. The molecule has 32 heavy (non-hydrogen) atoms. The van der Waals surface area contributed by atoms with Crippen molar-refractivity contribution in [2.75, 3.05) is 13.2 Å². The maximum absolute atomic E-state index is 11.5. The van der Waals surface area contributed by atoms with Gasteiger partial charge in [-0.2, -0.15) is 0 Å². The summed E-state index contributed by atoms with van der Waals surface area (Å²) in [4.78, 5) is 22.7. The van der Waals surface area contributed by atoms with E-state index in [0.717, 1.165) is 31.3 Å². The van der Waals surface area contributed by atoms with Crippen LogP contribution in [0.2, 0.25) is 0 Å². The van der Waals surface area contributed by atoms with Crippen LogP contribution >= 0.6 is 0 Å². The molecular weight excluding hydrogens is 404 g/mol. The summed E-state index contributed by atoms with van der Waals surface area (Å²) in [5.74, 6) is -0.0353. The third kappa shape index (κ3) is 7.19. The lowest BCUT2D eigenvalue weighted by molar-refractivity contribution is -0.140. The molecule has 0 radical (unpaired) electrons. The largest absolute Gasteiger partial charge is 0.461 e. The Kier molecular flexibility index (Phi) is 9.95. The molecule has 1 N–H and O–H groups in total. The molecule has 0 unspecified atom stereocenters. The maximum atomic E-state index is 11.5. The Bertz CT molecular complexity index is 788. The topological polar surface area (TPSA) is 72.8 Å². The molecule has 2 aliphatic rings. The van der Waals surface area contributed by atoms with Gasteiger partial charge in [0.15, 0.2) is 0 Å². The monoisotopic (exact) mass is 444 g/mol. The van der Waals surface area contributed by atoms with Gasteiger partial charge in [-0.1, -0.05) is 43.2 Å². The van der Waals surface area contributed by atoms with Crippen molar-refractivity contribution in [3.63, 3.8) is 0 Å². The van der Waals surface area contributed by atoms with Crippen molar-refractivity contribution in [1.82, 2.24) is 0 Å². The van der Waals surface area contributed by atoms with Crippen LogP contribution in [0.25, 0.3) is 0 Å². The van der Waals surface area contributed by atoms with Gasteiger partial charge >= 0.3 is 11.9 Å². The summed E-state index contributed by atoms with van der Waals surface area (Å²) in [5.41, 5.74) is 4.57. The van der Waals surface area contributed by atoms with Gasteiger partial charge in [0.05, 0.1) is 6.61 Å². The van der Waals surface area contributed by atoms with E-state index >= 15 is 0 Å². The molecule has 0 saturated heterocycles. The molecule has 178 valence electrons. The highest BCUT2D eigenvalue weighted by Gasteiger charge is 2.40.